The van der Waals surface area contributed by atoms with E-state index in [0.29, 0.717) is 28.9 Å². The lowest BCUT2D eigenvalue weighted by Crippen LogP contribution is -2.34. The molecule has 0 spiro atoms. The number of benzene rings is 2. The second-order valence-electron chi connectivity index (χ2n) is 6.33. The van der Waals surface area contributed by atoms with Crippen LogP contribution in [-0.4, -0.2) is 18.4 Å². The second kappa shape index (κ2) is 6.09. The molecule has 0 fully saturated rings. The maximum absolute atomic E-state index is 13.2. The van der Waals surface area contributed by atoms with Crippen molar-refractivity contribution in [1.82, 2.24) is 0 Å². The number of rotatable bonds is 3. The third-order valence-corrected chi connectivity index (χ3v) is 4.72. The van der Waals surface area contributed by atoms with Crippen LogP contribution in [0.15, 0.2) is 45.6 Å². The number of amides is 2. The Morgan fingerprint density at radius 2 is 1.59 bits per heavy atom. The van der Waals surface area contributed by atoms with Crippen LogP contribution < -0.4 is 15.1 Å². The first kappa shape index (κ1) is 17.0. The summed E-state index contributed by atoms with van der Waals surface area (Å²) < 4.78 is 11.4. The molecule has 2 heterocycles. The number of ether oxygens (including phenoxy) is 1. The van der Waals surface area contributed by atoms with E-state index in [0.717, 1.165) is 4.90 Å². The Morgan fingerprint density at radius 3 is 2.19 bits per heavy atom. The molecule has 4 rings (SSSR count). The van der Waals surface area contributed by atoms with E-state index in [9.17, 15) is 14.4 Å². The van der Waals surface area contributed by atoms with E-state index in [4.69, 9.17) is 9.15 Å². The Balaban J connectivity index is 1.94. The number of hydrogen-bond donors (Lipinski definition) is 0. The molecule has 1 aliphatic heterocycles. The standard InChI is InChI=1S/C21H17NO5/c1-4-26-16-10-9-15-18(23)17(12(3)27-19(15)11(16)2)22-20(24)13-7-5-6-8-14(13)21(22)25/h5-10H,4H2,1-3H3. The first-order valence-electron chi connectivity index (χ1n) is 8.63. The molecule has 0 saturated carbocycles. The summed E-state index contributed by atoms with van der Waals surface area (Å²) >= 11 is 0. The molecule has 0 aliphatic carbocycles. The van der Waals surface area contributed by atoms with Crippen molar-refractivity contribution in [2.24, 2.45) is 0 Å². The largest absolute Gasteiger partial charge is 0.493 e. The third kappa shape index (κ3) is 2.37. The van der Waals surface area contributed by atoms with E-state index < -0.39 is 17.2 Å². The van der Waals surface area contributed by atoms with E-state index in [1.807, 2.05) is 6.92 Å². The summed E-state index contributed by atoms with van der Waals surface area (Å²) in [7, 11) is 0. The van der Waals surface area contributed by atoms with Gasteiger partial charge in [0, 0.05) is 5.56 Å². The quantitative estimate of drug-likeness (QED) is 0.665. The van der Waals surface area contributed by atoms with Crippen LogP contribution in [0.25, 0.3) is 11.0 Å². The van der Waals surface area contributed by atoms with Crippen LogP contribution in [0.4, 0.5) is 5.69 Å². The summed E-state index contributed by atoms with van der Waals surface area (Å²) in [6.07, 6.45) is 0. The van der Waals surface area contributed by atoms with Gasteiger partial charge >= 0.3 is 0 Å². The highest BCUT2D eigenvalue weighted by atomic mass is 16.5. The molecule has 0 unspecified atom stereocenters. The van der Waals surface area contributed by atoms with E-state index in [1.54, 1.807) is 50.2 Å². The first-order chi connectivity index (χ1) is 13.0. The van der Waals surface area contributed by atoms with Crippen molar-refractivity contribution >= 4 is 28.5 Å². The Morgan fingerprint density at radius 1 is 0.963 bits per heavy atom. The van der Waals surface area contributed by atoms with Crippen molar-refractivity contribution in [3.05, 3.63) is 69.1 Å². The van der Waals surface area contributed by atoms with Crippen molar-refractivity contribution < 1.29 is 18.7 Å². The molecule has 2 aromatic carbocycles. The molecule has 0 bridgehead atoms. The second-order valence-corrected chi connectivity index (χ2v) is 6.33. The lowest BCUT2D eigenvalue weighted by atomic mass is 10.1. The minimum Gasteiger partial charge on any atom is -0.493 e. The molecule has 27 heavy (non-hydrogen) atoms. The van der Waals surface area contributed by atoms with Crippen LogP contribution in [0.3, 0.4) is 0 Å². The SMILES string of the molecule is CCOc1ccc2c(=O)c(N3C(=O)c4ccccc4C3=O)c(C)oc2c1C. The van der Waals surface area contributed by atoms with Crippen LogP contribution in [-0.2, 0) is 0 Å². The lowest BCUT2D eigenvalue weighted by Gasteiger charge is -2.17. The number of aryl methyl sites for hydroxylation is 2. The summed E-state index contributed by atoms with van der Waals surface area (Å²) in [6.45, 7) is 5.74. The van der Waals surface area contributed by atoms with E-state index in [2.05, 4.69) is 0 Å². The van der Waals surface area contributed by atoms with Crippen LogP contribution in [0.2, 0.25) is 0 Å². The molecule has 2 amide bonds. The number of hydrogen-bond acceptors (Lipinski definition) is 5. The third-order valence-electron chi connectivity index (χ3n) is 4.72. The molecule has 6 heteroatoms. The number of carbonyl (C=O) groups excluding carboxylic acids is 2. The number of nitrogens with zero attached hydrogens (tertiary/aromatic N) is 1. The Kier molecular flexibility index (Phi) is 3.84. The minimum absolute atomic E-state index is 0.0442. The molecule has 6 nitrogen and oxygen atoms in total. The maximum Gasteiger partial charge on any atom is 0.266 e. The normalized spacial score (nSPS) is 13.4. The first-order valence-corrected chi connectivity index (χ1v) is 8.63. The minimum atomic E-state index is -0.520. The van der Waals surface area contributed by atoms with Crippen molar-refractivity contribution in [2.45, 2.75) is 20.8 Å². The average molecular weight is 363 g/mol. The van der Waals surface area contributed by atoms with Crippen LogP contribution >= 0.6 is 0 Å². The predicted octanol–water partition coefficient (Wildman–Crippen LogP) is 3.61. The molecule has 136 valence electrons. The van der Waals surface area contributed by atoms with E-state index in [1.165, 1.54) is 0 Å². The maximum atomic E-state index is 13.2. The molecule has 0 saturated heterocycles. The lowest BCUT2D eigenvalue weighted by molar-refractivity contribution is 0.0925. The Hall–Kier alpha value is -3.41. The Labute approximate surface area is 155 Å². The number of fused-ring (bicyclic) bond motifs is 2. The molecule has 1 aliphatic rings. The fourth-order valence-electron chi connectivity index (χ4n) is 3.44. The van der Waals surface area contributed by atoms with Crippen molar-refractivity contribution in [2.75, 3.05) is 11.5 Å². The van der Waals surface area contributed by atoms with E-state index in [-0.39, 0.29) is 22.6 Å². The van der Waals surface area contributed by atoms with Gasteiger partial charge in [-0.05, 0) is 45.0 Å². The fraction of sp³-hybridized carbons (Fsp3) is 0.190. The summed E-state index contributed by atoms with van der Waals surface area (Å²) in [5, 5.41) is 0.299. The van der Waals surface area contributed by atoms with Crippen molar-refractivity contribution in [3.8, 4) is 5.75 Å². The summed E-state index contributed by atoms with van der Waals surface area (Å²) in [6, 6.07) is 9.81. The Bertz CT molecular complexity index is 1140. The fourth-order valence-corrected chi connectivity index (χ4v) is 3.44. The zero-order valence-corrected chi connectivity index (χ0v) is 15.2. The number of carbonyl (C=O) groups is 2. The van der Waals surface area contributed by atoms with Crippen LogP contribution in [0.5, 0.6) is 5.75 Å². The average Bonchev–Trinajstić information content (AvgIpc) is 2.90. The highest BCUT2D eigenvalue weighted by Crippen LogP contribution is 2.33. The van der Waals surface area contributed by atoms with Crippen LogP contribution in [0, 0.1) is 13.8 Å². The molecule has 0 radical (unpaired) electrons. The number of anilines is 1. The van der Waals surface area contributed by atoms with Gasteiger partial charge in [0.05, 0.1) is 23.1 Å². The molecular weight excluding hydrogens is 346 g/mol. The zero-order valence-electron chi connectivity index (χ0n) is 15.2. The molecule has 0 N–H and O–H groups in total. The van der Waals surface area contributed by atoms with Gasteiger partial charge in [-0.15, -0.1) is 0 Å². The summed E-state index contributed by atoms with van der Waals surface area (Å²) in [5.74, 6) is -0.208. The van der Waals surface area contributed by atoms with Gasteiger partial charge in [0.2, 0.25) is 5.43 Å². The van der Waals surface area contributed by atoms with Gasteiger partial charge in [0.15, 0.2) is 0 Å². The van der Waals surface area contributed by atoms with Gasteiger partial charge in [0.1, 0.15) is 22.8 Å². The monoisotopic (exact) mass is 363 g/mol. The van der Waals surface area contributed by atoms with E-state index >= 15 is 0 Å². The summed E-state index contributed by atoms with van der Waals surface area (Å²) in [5.41, 5.74) is 1.19. The van der Waals surface area contributed by atoms with Gasteiger partial charge in [-0.3, -0.25) is 14.4 Å². The van der Waals surface area contributed by atoms with Crippen molar-refractivity contribution in [1.29, 1.82) is 0 Å². The highest BCUT2D eigenvalue weighted by Gasteiger charge is 2.39. The topological polar surface area (TPSA) is 76.8 Å². The molecular formula is C21H17NO5. The predicted molar refractivity (Wildman–Crippen MR) is 101 cm³/mol. The summed E-state index contributed by atoms with van der Waals surface area (Å²) in [4.78, 5) is 39.6. The molecule has 1 aromatic heterocycles. The van der Waals surface area contributed by atoms with Gasteiger partial charge in [-0.1, -0.05) is 12.1 Å². The van der Waals surface area contributed by atoms with Crippen molar-refractivity contribution in [3.63, 3.8) is 0 Å². The van der Waals surface area contributed by atoms with Crippen LogP contribution in [0.1, 0.15) is 39.0 Å². The highest BCUT2D eigenvalue weighted by molar-refractivity contribution is 6.34. The zero-order chi connectivity index (χ0) is 19.3. The van der Waals surface area contributed by atoms with Gasteiger partial charge in [0.25, 0.3) is 11.8 Å². The number of imide groups is 1. The van der Waals surface area contributed by atoms with Gasteiger partial charge < -0.3 is 9.15 Å². The molecule has 0 atom stereocenters. The van der Waals surface area contributed by atoms with Gasteiger partial charge in [-0.25, -0.2) is 4.90 Å². The molecule has 3 aromatic rings. The van der Waals surface area contributed by atoms with Gasteiger partial charge in [-0.2, -0.15) is 0 Å². The smallest absolute Gasteiger partial charge is 0.266 e.